The molecule has 0 amide bonds. The predicted octanol–water partition coefficient (Wildman–Crippen LogP) is 3.20. The molecular formula is C11H6F12O4. The standard InChI is InChI=1S/C11H6F12O4/c1-2-4(24)27-5(6(12,13)8(16,17)10(18,19)20)3-26-9(25,7(5,14)15)11(21,22)23/h2,25H,1,3H2. The quantitative estimate of drug-likeness (QED) is 0.423. The van der Waals surface area contributed by atoms with E-state index < -0.39 is 54.1 Å². The van der Waals surface area contributed by atoms with E-state index in [0.717, 1.165) is 0 Å². The smallest absolute Gasteiger partial charge is 0.440 e. The van der Waals surface area contributed by atoms with E-state index in [9.17, 15) is 57.5 Å². The second kappa shape index (κ2) is 5.89. The Kier molecular flexibility index (Phi) is 5.09. The highest BCUT2D eigenvalue weighted by atomic mass is 19.4. The van der Waals surface area contributed by atoms with Crippen molar-refractivity contribution in [2.45, 2.75) is 41.5 Å². The summed E-state index contributed by atoms with van der Waals surface area (Å²) >= 11 is 0. The molecule has 1 rings (SSSR count). The number of aliphatic hydroxyl groups is 1. The lowest BCUT2D eigenvalue weighted by atomic mass is 9.82. The maximum absolute atomic E-state index is 14.1. The molecule has 0 aliphatic carbocycles. The van der Waals surface area contributed by atoms with Crippen molar-refractivity contribution in [1.29, 1.82) is 0 Å². The van der Waals surface area contributed by atoms with Crippen molar-refractivity contribution in [1.82, 2.24) is 0 Å². The van der Waals surface area contributed by atoms with Crippen LogP contribution in [0.1, 0.15) is 0 Å². The fraction of sp³-hybridized carbons (Fsp3) is 0.727. The maximum atomic E-state index is 14.1. The first kappa shape index (κ1) is 23.3. The van der Waals surface area contributed by atoms with Crippen LogP contribution in [-0.4, -0.2) is 59.2 Å². The molecule has 16 heteroatoms. The summed E-state index contributed by atoms with van der Waals surface area (Å²) in [7, 11) is 0. The Hall–Kier alpha value is -1.71. The molecule has 1 heterocycles. The van der Waals surface area contributed by atoms with Crippen LogP contribution in [0.2, 0.25) is 0 Å². The van der Waals surface area contributed by atoms with E-state index in [2.05, 4.69) is 16.1 Å². The SMILES string of the molecule is C=CC(=O)OC1(C(F)(F)C(F)(F)C(F)(F)F)COC(O)(C(F)(F)F)C1(F)F. The van der Waals surface area contributed by atoms with E-state index in [-0.39, 0.29) is 6.08 Å². The van der Waals surface area contributed by atoms with E-state index in [1.807, 2.05) is 0 Å². The molecule has 2 atom stereocenters. The Morgan fingerprint density at radius 1 is 1.04 bits per heavy atom. The third-order valence-corrected chi connectivity index (χ3v) is 3.50. The number of carbonyl (C=O) groups excluding carboxylic acids is 1. The Morgan fingerprint density at radius 3 is 1.78 bits per heavy atom. The lowest BCUT2D eigenvalue weighted by molar-refractivity contribution is -0.436. The summed E-state index contributed by atoms with van der Waals surface area (Å²) in [6.07, 6.45) is -14.2. The Morgan fingerprint density at radius 2 is 1.48 bits per heavy atom. The summed E-state index contributed by atoms with van der Waals surface area (Å²) in [6.45, 7) is -0.615. The zero-order valence-corrected chi connectivity index (χ0v) is 12.2. The molecule has 1 aliphatic rings. The van der Waals surface area contributed by atoms with Gasteiger partial charge in [-0.15, -0.1) is 0 Å². The minimum Gasteiger partial charge on any atom is -0.440 e. The van der Waals surface area contributed by atoms with Crippen molar-refractivity contribution >= 4 is 5.97 Å². The van der Waals surface area contributed by atoms with Crippen LogP contribution in [0.15, 0.2) is 12.7 Å². The van der Waals surface area contributed by atoms with E-state index in [0.29, 0.717) is 0 Å². The summed E-state index contributed by atoms with van der Waals surface area (Å²) in [5.74, 6) is -29.9. The molecule has 1 fully saturated rings. The van der Waals surface area contributed by atoms with Crippen LogP contribution in [0.5, 0.6) is 0 Å². The van der Waals surface area contributed by atoms with E-state index in [1.54, 1.807) is 0 Å². The monoisotopic (exact) mass is 430 g/mol. The zero-order valence-electron chi connectivity index (χ0n) is 12.2. The average molecular weight is 430 g/mol. The number of alkyl halides is 12. The van der Waals surface area contributed by atoms with Gasteiger partial charge < -0.3 is 14.6 Å². The van der Waals surface area contributed by atoms with Crippen molar-refractivity contribution in [3.63, 3.8) is 0 Å². The van der Waals surface area contributed by atoms with Gasteiger partial charge in [0.25, 0.3) is 5.60 Å². The van der Waals surface area contributed by atoms with Gasteiger partial charge in [0, 0.05) is 6.08 Å². The summed E-state index contributed by atoms with van der Waals surface area (Å²) in [6, 6.07) is 0. The van der Waals surface area contributed by atoms with Gasteiger partial charge in [0.15, 0.2) is 0 Å². The highest BCUT2D eigenvalue weighted by molar-refractivity contribution is 5.82. The van der Waals surface area contributed by atoms with Crippen LogP contribution in [0, 0.1) is 0 Å². The van der Waals surface area contributed by atoms with Crippen molar-refractivity contribution in [2.24, 2.45) is 0 Å². The van der Waals surface area contributed by atoms with Crippen molar-refractivity contribution in [3.8, 4) is 0 Å². The molecule has 1 N–H and O–H groups in total. The topological polar surface area (TPSA) is 55.8 Å². The number of ether oxygens (including phenoxy) is 2. The first-order chi connectivity index (χ1) is 11.7. The van der Waals surface area contributed by atoms with Crippen LogP contribution < -0.4 is 0 Å². The molecule has 27 heavy (non-hydrogen) atoms. The highest BCUT2D eigenvalue weighted by Crippen LogP contribution is 2.63. The second-order valence-electron chi connectivity index (χ2n) is 5.10. The van der Waals surface area contributed by atoms with Crippen molar-refractivity contribution in [2.75, 3.05) is 6.61 Å². The van der Waals surface area contributed by atoms with Gasteiger partial charge >= 0.3 is 41.9 Å². The molecule has 0 saturated carbocycles. The van der Waals surface area contributed by atoms with E-state index in [1.165, 1.54) is 0 Å². The first-order valence-corrected chi connectivity index (χ1v) is 6.15. The van der Waals surface area contributed by atoms with Gasteiger partial charge in [0.05, 0.1) is 0 Å². The van der Waals surface area contributed by atoms with Gasteiger partial charge in [-0.3, -0.25) is 0 Å². The lowest BCUT2D eigenvalue weighted by Gasteiger charge is -2.43. The van der Waals surface area contributed by atoms with Crippen LogP contribution in [0.4, 0.5) is 52.7 Å². The van der Waals surface area contributed by atoms with Crippen LogP contribution in [-0.2, 0) is 14.3 Å². The molecule has 1 aliphatic heterocycles. The molecule has 2 unspecified atom stereocenters. The second-order valence-corrected chi connectivity index (χ2v) is 5.10. The number of carbonyl (C=O) groups is 1. The minimum atomic E-state index is -7.44. The number of rotatable bonds is 4. The molecule has 0 bridgehead atoms. The van der Waals surface area contributed by atoms with E-state index >= 15 is 0 Å². The zero-order chi connectivity index (χ0) is 21.9. The summed E-state index contributed by atoms with van der Waals surface area (Å²) < 4.78 is 164. The van der Waals surface area contributed by atoms with Crippen LogP contribution in [0.3, 0.4) is 0 Å². The van der Waals surface area contributed by atoms with Crippen LogP contribution in [0.25, 0.3) is 0 Å². The van der Waals surface area contributed by atoms with Gasteiger partial charge in [0.1, 0.15) is 6.61 Å². The molecule has 1 saturated heterocycles. The molecule has 0 spiro atoms. The molecule has 0 aromatic rings. The summed E-state index contributed by atoms with van der Waals surface area (Å²) in [5, 5.41) is 8.93. The van der Waals surface area contributed by atoms with Gasteiger partial charge in [-0.05, 0) is 0 Å². The van der Waals surface area contributed by atoms with Gasteiger partial charge in [-0.1, -0.05) is 6.58 Å². The third-order valence-electron chi connectivity index (χ3n) is 3.50. The van der Waals surface area contributed by atoms with E-state index in [4.69, 9.17) is 5.11 Å². The van der Waals surface area contributed by atoms with Gasteiger partial charge in [-0.2, -0.15) is 52.7 Å². The fourth-order valence-electron chi connectivity index (χ4n) is 2.01. The molecule has 0 aromatic carbocycles. The molecule has 0 aromatic heterocycles. The van der Waals surface area contributed by atoms with Gasteiger partial charge in [0.2, 0.25) is 0 Å². The number of esters is 1. The third kappa shape index (κ3) is 2.75. The fourth-order valence-corrected chi connectivity index (χ4v) is 2.01. The first-order valence-electron chi connectivity index (χ1n) is 6.15. The largest absolute Gasteiger partial charge is 0.460 e. The Bertz CT molecular complexity index is 624. The normalized spacial score (nSPS) is 29.5. The molecule has 0 radical (unpaired) electrons. The number of halogens is 12. The van der Waals surface area contributed by atoms with Gasteiger partial charge in [-0.25, -0.2) is 4.79 Å². The Balaban J connectivity index is 3.83. The predicted molar refractivity (Wildman–Crippen MR) is 56.9 cm³/mol. The lowest BCUT2D eigenvalue weighted by Crippen LogP contribution is -2.75. The summed E-state index contributed by atoms with van der Waals surface area (Å²) in [4.78, 5) is 11.0. The highest BCUT2D eigenvalue weighted by Gasteiger charge is 2.95. The average Bonchev–Trinajstić information content (AvgIpc) is 2.67. The minimum absolute atomic E-state index is 0.287. The number of hydrogen-bond donors (Lipinski definition) is 1. The Labute approximate surface area is 140 Å². The van der Waals surface area contributed by atoms with Crippen LogP contribution >= 0.6 is 0 Å². The van der Waals surface area contributed by atoms with Crippen molar-refractivity contribution < 1.29 is 72.1 Å². The number of hydrogen-bond acceptors (Lipinski definition) is 4. The summed E-state index contributed by atoms with van der Waals surface area (Å²) in [5.41, 5.74) is -5.91. The molecule has 158 valence electrons. The molecule has 4 nitrogen and oxygen atoms in total. The molecular weight excluding hydrogens is 424 g/mol. The maximum Gasteiger partial charge on any atom is 0.460 e. The van der Waals surface area contributed by atoms with Crippen molar-refractivity contribution in [3.05, 3.63) is 12.7 Å².